The average molecular weight is 439 g/mol. The summed E-state index contributed by atoms with van der Waals surface area (Å²) in [6.07, 6.45) is 0. The van der Waals surface area contributed by atoms with Crippen LogP contribution in [-0.4, -0.2) is 21.6 Å². The van der Waals surface area contributed by atoms with Crippen LogP contribution in [0, 0.1) is 11.3 Å². The average Bonchev–Trinajstić information content (AvgIpc) is 2.73. The molecule has 1 heterocycles. The van der Waals surface area contributed by atoms with E-state index in [1.54, 1.807) is 24.3 Å². The number of nitrogens with one attached hydrogen (secondary N) is 2. The Bertz CT molecular complexity index is 1150. The van der Waals surface area contributed by atoms with E-state index in [0.717, 1.165) is 11.8 Å². The van der Waals surface area contributed by atoms with Gasteiger partial charge < -0.3 is 10.3 Å². The number of nitriles is 1. The van der Waals surface area contributed by atoms with Crippen molar-refractivity contribution < 1.29 is 4.79 Å². The Balaban J connectivity index is 1.73. The van der Waals surface area contributed by atoms with Crippen molar-refractivity contribution in [1.29, 1.82) is 5.26 Å². The molecule has 1 amide bonds. The third-order valence-electron chi connectivity index (χ3n) is 4.33. The lowest BCUT2D eigenvalue weighted by molar-refractivity contribution is -0.113. The van der Waals surface area contributed by atoms with Gasteiger partial charge in [0.1, 0.15) is 11.6 Å². The topological polar surface area (TPSA) is 98.6 Å². The molecule has 30 heavy (non-hydrogen) atoms. The van der Waals surface area contributed by atoms with E-state index in [1.807, 2.05) is 30.3 Å². The zero-order valence-corrected chi connectivity index (χ0v) is 18.0. The fourth-order valence-corrected chi connectivity index (χ4v) is 3.51. The number of thioether (sulfide) groups is 1. The second-order valence-corrected chi connectivity index (χ2v) is 8.23. The lowest BCUT2D eigenvalue weighted by atomic mass is 10.0. The molecule has 6 nitrogen and oxygen atoms in total. The number of anilines is 1. The minimum Gasteiger partial charge on any atom is -0.325 e. The molecular formula is C22H19ClN4O2S. The second-order valence-electron chi connectivity index (χ2n) is 6.83. The number of hydrogen-bond acceptors (Lipinski definition) is 5. The Hall–Kier alpha value is -3.08. The number of halogens is 1. The van der Waals surface area contributed by atoms with Crippen LogP contribution in [0.15, 0.2) is 58.5 Å². The summed E-state index contributed by atoms with van der Waals surface area (Å²) in [5.74, 6) is 0.248. The van der Waals surface area contributed by atoms with Gasteiger partial charge in [-0.3, -0.25) is 9.59 Å². The van der Waals surface area contributed by atoms with Gasteiger partial charge in [0.05, 0.1) is 11.4 Å². The van der Waals surface area contributed by atoms with Crippen molar-refractivity contribution in [3.8, 4) is 17.3 Å². The van der Waals surface area contributed by atoms with Gasteiger partial charge in [-0.25, -0.2) is 4.98 Å². The van der Waals surface area contributed by atoms with Crippen molar-refractivity contribution in [3.63, 3.8) is 0 Å². The molecule has 0 unspecified atom stereocenters. The molecule has 0 spiro atoms. The summed E-state index contributed by atoms with van der Waals surface area (Å²) in [7, 11) is 0. The first-order chi connectivity index (χ1) is 14.4. The van der Waals surface area contributed by atoms with E-state index in [9.17, 15) is 14.9 Å². The maximum atomic E-state index is 12.3. The van der Waals surface area contributed by atoms with Crippen molar-refractivity contribution in [2.24, 2.45) is 0 Å². The molecule has 0 saturated heterocycles. The molecule has 3 rings (SSSR count). The number of H-pyrrole nitrogens is 1. The first-order valence-electron chi connectivity index (χ1n) is 9.20. The number of benzene rings is 2. The maximum absolute atomic E-state index is 12.3. The number of hydrogen-bond donors (Lipinski definition) is 2. The van der Waals surface area contributed by atoms with Crippen LogP contribution in [0.4, 0.5) is 5.69 Å². The van der Waals surface area contributed by atoms with Gasteiger partial charge in [0, 0.05) is 16.3 Å². The molecule has 0 atom stereocenters. The number of nitrogens with zero attached hydrogens (tertiary/aromatic N) is 2. The van der Waals surface area contributed by atoms with Gasteiger partial charge in [-0.1, -0.05) is 61.5 Å². The summed E-state index contributed by atoms with van der Waals surface area (Å²) in [6.45, 7) is 4.21. The number of amides is 1. The zero-order chi connectivity index (χ0) is 21.7. The van der Waals surface area contributed by atoms with Crippen LogP contribution in [0.3, 0.4) is 0 Å². The van der Waals surface area contributed by atoms with Gasteiger partial charge in [-0.05, 0) is 35.7 Å². The van der Waals surface area contributed by atoms with Crippen LogP contribution in [0.5, 0.6) is 0 Å². The van der Waals surface area contributed by atoms with E-state index in [1.165, 1.54) is 5.56 Å². The Labute approximate surface area is 183 Å². The van der Waals surface area contributed by atoms with Gasteiger partial charge in [-0.15, -0.1) is 0 Å². The van der Waals surface area contributed by atoms with Crippen molar-refractivity contribution >= 4 is 35.0 Å². The minimum atomic E-state index is -0.551. The molecule has 2 N–H and O–H groups in total. The van der Waals surface area contributed by atoms with Crippen LogP contribution in [0.1, 0.15) is 30.9 Å². The Morgan fingerprint density at radius 3 is 2.47 bits per heavy atom. The van der Waals surface area contributed by atoms with E-state index in [0.29, 0.717) is 22.2 Å². The quantitative estimate of drug-likeness (QED) is 0.424. The standard InChI is InChI=1S/C22H19ClN4O2S/c1-13(2)14-5-9-17(10-6-14)25-19(28)12-30-22-26-20(18(11-24)21(29)27-22)15-3-7-16(23)8-4-15/h3-10,13H,12H2,1-2H3,(H,25,28)(H,26,27,29). The highest BCUT2D eigenvalue weighted by atomic mass is 35.5. The summed E-state index contributed by atoms with van der Waals surface area (Å²) in [6, 6.07) is 16.3. The first-order valence-corrected chi connectivity index (χ1v) is 10.6. The van der Waals surface area contributed by atoms with Gasteiger partial charge >= 0.3 is 0 Å². The Kier molecular flexibility index (Phi) is 6.93. The number of aromatic nitrogens is 2. The molecule has 2 aromatic carbocycles. The van der Waals surface area contributed by atoms with Crippen molar-refractivity contribution in [2.45, 2.75) is 24.9 Å². The van der Waals surface area contributed by atoms with Gasteiger partial charge in [-0.2, -0.15) is 5.26 Å². The van der Waals surface area contributed by atoms with Crippen LogP contribution in [0.2, 0.25) is 5.02 Å². The molecule has 0 saturated carbocycles. The van der Waals surface area contributed by atoms with E-state index in [-0.39, 0.29) is 28.1 Å². The Morgan fingerprint density at radius 2 is 1.87 bits per heavy atom. The molecule has 0 bridgehead atoms. The highest BCUT2D eigenvalue weighted by Gasteiger charge is 2.14. The van der Waals surface area contributed by atoms with Gasteiger partial charge in [0.2, 0.25) is 5.91 Å². The molecule has 0 fully saturated rings. The number of carbonyl (C=O) groups is 1. The second kappa shape index (κ2) is 9.61. The minimum absolute atomic E-state index is 0.0564. The SMILES string of the molecule is CC(C)c1ccc(NC(=O)CSc2nc(-c3ccc(Cl)cc3)c(C#N)c(=O)[nH]2)cc1. The molecular weight excluding hydrogens is 420 g/mol. The zero-order valence-electron chi connectivity index (χ0n) is 16.4. The maximum Gasteiger partial charge on any atom is 0.270 e. The van der Waals surface area contributed by atoms with E-state index < -0.39 is 5.56 Å². The van der Waals surface area contributed by atoms with Crippen LogP contribution in [0.25, 0.3) is 11.3 Å². The largest absolute Gasteiger partial charge is 0.325 e. The van der Waals surface area contributed by atoms with Gasteiger partial charge in [0.15, 0.2) is 5.16 Å². The summed E-state index contributed by atoms with van der Waals surface area (Å²) < 4.78 is 0. The first kappa shape index (κ1) is 21.6. The highest BCUT2D eigenvalue weighted by molar-refractivity contribution is 7.99. The number of rotatable bonds is 6. The van der Waals surface area contributed by atoms with Crippen molar-refractivity contribution in [1.82, 2.24) is 9.97 Å². The predicted octanol–water partition coefficient (Wildman–Crippen LogP) is 4.82. The summed E-state index contributed by atoms with van der Waals surface area (Å²) in [5.41, 5.74) is 2.11. The molecule has 8 heteroatoms. The number of aromatic amines is 1. The molecule has 0 aliphatic carbocycles. The van der Waals surface area contributed by atoms with E-state index in [2.05, 4.69) is 29.1 Å². The van der Waals surface area contributed by atoms with Crippen LogP contribution >= 0.6 is 23.4 Å². The lowest BCUT2D eigenvalue weighted by Crippen LogP contribution is -2.17. The summed E-state index contributed by atoms with van der Waals surface area (Å²) in [4.78, 5) is 31.5. The summed E-state index contributed by atoms with van der Waals surface area (Å²) >= 11 is 7.00. The van der Waals surface area contributed by atoms with Crippen LogP contribution in [-0.2, 0) is 4.79 Å². The fourth-order valence-electron chi connectivity index (χ4n) is 2.72. The van der Waals surface area contributed by atoms with Crippen molar-refractivity contribution in [2.75, 3.05) is 11.1 Å². The summed E-state index contributed by atoms with van der Waals surface area (Å²) in [5, 5.41) is 13.0. The van der Waals surface area contributed by atoms with E-state index >= 15 is 0 Å². The third-order valence-corrected chi connectivity index (χ3v) is 5.45. The van der Waals surface area contributed by atoms with Gasteiger partial charge in [0.25, 0.3) is 5.56 Å². The Morgan fingerprint density at radius 1 is 1.20 bits per heavy atom. The predicted molar refractivity (Wildman–Crippen MR) is 120 cm³/mol. The number of carbonyl (C=O) groups excluding carboxylic acids is 1. The highest BCUT2D eigenvalue weighted by Crippen LogP contribution is 2.24. The smallest absolute Gasteiger partial charge is 0.270 e. The third kappa shape index (κ3) is 5.29. The molecule has 0 aliphatic heterocycles. The molecule has 0 aliphatic rings. The normalized spacial score (nSPS) is 10.6. The molecule has 1 aromatic heterocycles. The molecule has 152 valence electrons. The molecule has 0 radical (unpaired) electrons. The molecule has 3 aromatic rings. The monoisotopic (exact) mass is 438 g/mol. The fraction of sp³-hybridized carbons (Fsp3) is 0.182. The lowest BCUT2D eigenvalue weighted by Gasteiger charge is -2.09. The van der Waals surface area contributed by atoms with E-state index in [4.69, 9.17) is 11.6 Å². The van der Waals surface area contributed by atoms with Crippen molar-refractivity contribution in [3.05, 3.63) is 75.0 Å². The van der Waals surface area contributed by atoms with Crippen LogP contribution < -0.4 is 10.9 Å².